The molecule has 0 bridgehead atoms. The minimum Gasteiger partial charge on any atom is -0.467 e. The van der Waals surface area contributed by atoms with Gasteiger partial charge in [-0.1, -0.05) is 48.5 Å². The molecule has 0 radical (unpaired) electrons. The van der Waals surface area contributed by atoms with Gasteiger partial charge in [-0.25, -0.2) is 0 Å². The van der Waals surface area contributed by atoms with Gasteiger partial charge in [0.05, 0.1) is 18.7 Å². The zero-order valence-corrected chi connectivity index (χ0v) is 18.6. The molecule has 166 valence electrons. The normalized spacial score (nSPS) is 16.0. The van der Waals surface area contributed by atoms with Crippen molar-refractivity contribution in [1.82, 2.24) is 15.1 Å². The van der Waals surface area contributed by atoms with Crippen molar-refractivity contribution >= 4 is 11.8 Å². The summed E-state index contributed by atoms with van der Waals surface area (Å²) in [6.07, 6.45) is 1.83. The predicted molar refractivity (Wildman–Crippen MR) is 123 cm³/mol. The molecule has 2 amide bonds. The fourth-order valence-electron chi connectivity index (χ4n) is 4.13. The van der Waals surface area contributed by atoms with E-state index in [1.54, 1.807) is 17.2 Å². The van der Waals surface area contributed by atoms with Crippen molar-refractivity contribution in [3.8, 4) is 11.1 Å². The first kappa shape index (κ1) is 21.8. The summed E-state index contributed by atoms with van der Waals surface area (Å²) in [7, 11) is 4.11. The second-order valence-corrected chi connectivity index (χ2v) is 8.56. The van der Waals surface area contributed by atoms with Crippen LogP contribution in [0, 0.1) is 5.92 Å². The Labute approximate surface area is 188 Å². The van der Waals surface area contributed by atoms with Crippen LogP contribution in [0.5, 0.6) is 0 Å². The average molecular weight is 432 g/mol. The van der Waals surface area contributed by atoms with E-state index in [0.29, 0.717) is 19.6 Å². The predicted octanol–water partition coefficient (Wildman–Crippen LogP) is 3.67. The lowest BCUT2D eigenvalue weighted by molar-refractivity contribution is -0.129. The maximum absolute atomic E-state index is 12.8. The summed E-state index contributed by atoms with van der Waals surface area (Å²) in [4.78, 5) is 28.9. The first-order valence-electron chi connectivity index (χ1n) is 10.9. The number of carbonyl (C=O) groups is 2. The lowest BCUT2D eigenvalue weighted by Crippen LogP contribution is -2.32. The molecule has 0 aliphatic carbocycles. The van der Waals surface area contributed by atoms with E-state index >= 15 is 0 Å². The average Bonchev–Trinajstić information content (AvgIpc) is 3.43. The second-order valence-electron chi connectivity index (χ2n) is 8.56. The lowest BCUT2D eigenvalue weighted by Gasteiger charge is -2.16. The number of amides is 2. The number of benzene rings is 2. The van der Waals surface area contributed by atoms with Gasteiger partial charge in [0.2, 0.25) is 11.8 Å². The Hall–Kier alpha value is -3.38. The van der Waals surface area contributed by atoms with Crippen LogP contribution < -0.4 is 5.32 Å². The van der Waals surface area contributed by atoms with Crippen LogP contribution in [0.2, 0.25) is 0 Å². The molecule has 2 aromatic carbocycles. The Morgan fingerprint density at radius 3 is 2.59 bits per heavy atom. The van der Waals surface area contributed by atoms with Crippen LogP contribution in [0.1, 0.15) is 23.3 Å². The standard InChI is InChI=1S/C26H29N3O3/c1-28(2)16-19-9-11-20(12-10-19)24-8-4-3-6-21(24)15-27-26(31)22-14-25(30)29(17-22)18-23-7-5-13-32-23/h3-13,22H,14-18H2,1-2H3,(H,27,31). The van der Waals surface area contributed by atoms with E-state index in [1.165, 1.54) is 5.56 Å². The van der Waals surface area contributed by atoms with Gasteiger partial charge < -0.3 is 19.5 Å². The van der Waals surface area contributed by atoms with Crippen LogP contribution in [-0.4, -0.2) is 42.3 Å². The molecule has 1 atom stereocenters. The van der Waals surface area contributed by atoms with Crippen LogP contribution in [0.4, 0.5) is 0 Å². The smallest absolute Gasteiger partial charge is 0.225 e. The fourth-order valence-corrected chi connectivity index (χ4v) is 4.13. The van der Waals surface area contributed by atoms with E-state index in [9.17, 15) is 9.59 Å². The summed E-state index contributed by atoms with van der Waals surface area (Å²) in [5.74, 6) is 0.288. The molecule has 0 saturated carbocycles. The quantitative estimate of drug-likeness (QED) is 0.591. The van der Waals surface area contributed by atoms with Gasteiger partial charge in [0.1, 0.15) is 5.76 Å². The number of nitrogens with zero attached hydrogens (tertiary/aromatic N) is 2. The molecule has 3 aromatic rings. The van der Waals surface area contributed by atoms with E-state index in [-0.39, 0.29) is 24.2 Å². The van der Waals surface area contributed by atoms with Gasteiger partial charge in [-0.15, -0.1) is 0 Å². The summed E-state index contributed by atoms with van der Waals surface area (Å²) in [5, 5.41) is 3.04. The Morgan fingerprint density at radius 1 is 1.09 bits per heavy atom. The van der Waals surface area contributed by atoms with Gasteiger partial charge in [-0.05, 0) is 48.5 Å². The molecular weight excluding hydrogens is 402 g/mol. The van der Waals surface area contributed by atoms with Crippen LogP contribution in [0.3, 0.4) is 0 Å². The third kappa shape index (κ3) is 5.26. The minimum absolute atomic E-state index is 0.0141. The molecule has 6 nitrogen and oxygen atoms in total. The summed E-state index contributed by atoms with van der Waals surface area (Å²) in [5.41, 5.74) is 4.54. The first-order chi connectivity index (χ1) is 15.5. The van der Waals surface area contributed by atoms with Crippen molar-refractivity contribution in [2.24, 2.45) is 5.92 Å². The van der Waals surface area contributed by atoms with Crippen molar-refractivity contribution in [2.75, 3.05) is 20.6 Å². The molecule has 1 aromatic heterocycles. The molecule has 1 unspecified atom stereocenters. The van der Waals surface area contributed by atoms with E-state index in [0.717, 1.165) is 29.0 Å². The summed E-state index contributed by atoms with van der Waals surface area (Å²) < 4.78 is 5.33. The highest BCUT2D eigenvalue weighted by Crippen LogP contribution is 2.25. The van der Waals surface area contributed by atoms with Gasteiger partial charge >= 0.3 is 0 Å². The Kier molecular flexibility index (Phi) is 6.71. The van der Waals surface area contributed by atoms with E-state index in [1.807, 2.05) is 24.3 Å². The number of likely N-dealkylation sites (tertiary alicyclic amines) is 1. The van der Waals surface area contributed by atoms with Crippen LogP contribution in [0.25, 0.3) is 11.1 Å². The number of hydrogen-bond acceptors (Lipinski definition) is 4. The van der Waals surface area contributed by atoms with E-state index < -0.39 is 0 Å². The highest BCUT2D eigenvalue weighted by atomic mass is 16.3. The van der Waals surface area contributed by atoms with Crippen LogP contribution in [0.15, 0.2) is 71.3 Å². The van der Waals surface area contributed by atoms with Gasteiger partial charge in [0.15, 0.2) is 0 Å². The molecular formula is C26H29N3O3. The maximum atomic E-state index is 12.8. The third-order valence-corrected chi connectivity index (χ3v) is 5.75. The third-order valence-electron chi connectivity index (χ3n) is 5.75. The molecule has 1 fully saturated rings. The second kappa shape index (κ2) is 9.83. The Morgan fingerprint density at radius 2 is 1.88 bits per heavy atom. The zero-order valence-electron chi connectivity index (χ0n) is 18.6. The molecule has 6 heteroatoms. The largest absolute Gasteiger partial charge is 0.467 e. The topological polar surface area (TPSA) is 65.8 Å². The number of carbonyl (C=O) groups excluding carboxylic acids is 2. The number of nitrogens with one attached hydrogen (secondary N) is 1. The number of rotatable bonds is 8. The highest BCUT2D eigenvalue weighted by Gasteiger charge is 2.34. The molecule has 1 saturated heterocycles. The van der Waals surface area contributed by atoms with Crippen molar-refractivity contribution in [1.29, 1.82) is 0 Å². The summed E-state index contributed by atoms with van der Waals surface area (Å²) in [6.45, 7) is 2.15. The summed E-state index contributed by atoms with van der Waals surface area (Å²) >= 11 is 0. The van der Waals surface area contributed by atoms with Crippen LogP contribution in [-0.2, 0) is 29.2 Å². The minimum atomic E-state index is -0.338. The molecule has 2 heterocycles. The maximum Gasteiger partial charge on any atom is 0.225 e. The fraction of sp³-hybridized carbons (Fsp3) is 0.308. The zero-order chi connectivity index (χ0) is 22.5. The monoisotopic (exact) mass is 431 g/mol. The molecule has 1 N–H and O–H groups in total. The number of hydrogen-bond donors (Lipinski definition) is 1. The lowest BCUT2D eigenvalue weighted by atomic mass is 9.98. The summed E-state index contributed by atoms with van der Waals surface area (Å²) in [6, 6.07) is 20.3. The van der Waals surface area contributed by atoms with Gasteiger partial charge in [0, 0.05) is 26.1 Å². The molecule has 0 spiro atoms. The van der Waals surface area contributed by atoms with Crippen molar-refractivity contribution in [2.45, 2.75) is 26.1 Å². The molecule has 32 heavy (non-hydrogen) atoms. The Balaban J connectivity index is 1.38. The first-order valence-corrected chi connectivity index (χ1v) is 10.9. The van der Waals surface area contributed by atoms with Crippen molar-refractivity contribution < 1.29 is 14.0 Å². The van der Waals surface area contributed by atoms with Gasteiger partial charge in [0.25, 0.3) is 0 Å². The number of furan rings is 1. The highest BCUT2D eigenvalue weighted by molar-refractivity contribution is 5.89. The van der Waals surface area contributed by atoms with Gasteiger partial charge in [-0.2, -0.15) is 0 Å². The van der Waals surface area contributed by atoms with Gasteiger partial charge in [-0.3, -0.25) is 9.59 Å². The van der Waals surface area contributed by atoms with E-state index in [4.69, 9.17) is 4.42 Å². The SMILES string of the molecule is CN(C)Cc1ccc(-c2ccccc2CNC(=O)C2CC(=O)N(Cc3ccco3)C2)cc1. The van der Waals surface area contributed by atoms with E-state index in [2.05, 4.69) is 54.6 Å². The molecule has 1 aliphatic rings. The molecule has 1 aliphatic heterocycles. The van der Waals surface area contributed by atoms with Crippen molar-refractivity contribution in [3.63, 3.8) is 0 Å². The molecule has 4 rings (SSSR count). The van der Waals surface area contributed by atoms with Crippen LogP contribution >= 0.6 is 0 Å². The Bertz CT molecular complexity index is 1060. The van der Waals surface area contributed by atoms with Crippen molar-refractivity contribution in [3.05, 3.63) is 83.8 Å².